The maximum absolute atomic E-state index is 12.6. The zero-order valence-corrected chi connectivity index (χ0v) is 22.2. The molecule has 0 radical (unpaired) electrons. The summed E-state index contributed by atoms with van der Waals surface area (Å²) in [5.74, 6) is -0.863. The van der Waals surface area contributed by atoms with Crippen molar-refractivity contribution in [1.82, 2.24) is 10.6 Å². The molecule has 2 atom stereocenters. The van der Waals surface area contributed by atoms with E-state index in [4.69, 9.17) is 4.74 Å². The predicted octanol–water partition coefficient (Wildman–Crippen LogP) is 2.64. The van der Waals surface area contributed by atoms with E-state index in [1.807, 2.05) is 21.6 Å². The van der Waals surface area contributed by atoms with Gasteiger partial charge in [-0.1, -0.05) is 40.1 Å². The Kier molecular flexibility index (Phi) is 14.7. The summed E-state index contributed by atoms with van der Waals surface area (Å²) < 4.78 is 5.19. The summed E-state index contributed by atoms with van der Waals surface area (Å²) >= 11 is 0. The minimum atomic E-state index is -0.975. The second-order valence-electron chi connectivity index (χ2n) is 8.82. The van der Waals surface area contributed by atoms with Gasteiger partial charge in [0.05, 0.1) is 25.4 Å². The summed E-state index contributed by atoms with van der Waals surface area (Å²) in [6.07, 6.45) is 6.29. The third-order valence-corrected chi connectivity index (χ3v) is 8.87. The number of aliphatic hydroxyl groups excluding tert-OH is 2. The highest BCUT2D eigenvalue weighted by Gasteiger charge is 2.24. The lowest BCUT2D eigenvalue weighted by Crippen LogP contribution is -2.42. The van der Waals surface area contributed by atoms with Crippen molar-refractivity contribution in [1.29, 1.82) is 0 Å². The summed E-state index contributed by atoms with van der Waals surface area (Å²) in [5, 5.41) is 34.5. The normalized spacial score (nSPS) is 16.0. The topological polar surface area (TPSA) is 145 Å². The van der Waals surface area contributed by atoms with Crippen molar-refractivity contribution in [3.05, 3.63) is 29.8 Å². The van der Waals surface area contributed by atoms with Gasteiger partial charge in [0, 0.05) is 29.9 Å². The van der Waals surface area contributed by atoms with Gasteiger partial charge < -0.3 is 30.7 Å². The van der Waals surface area contributed by atoms with E-state index >= 15 is 0 Å². The first-order valence-corrected chi connectivity index (χ1v) is 14.8. The van der Waals surface area contributed by atoms with Crippen LogP contribution in [-0.4, -0.2) is 76.5 Å². The summed E-state index contributed by atoms with van der Waals surface area (Å²) in [6.45, 7) is -0.378. The second kappa shape index (κ2) is 17.5. The summed E-state index contributed by atoms with van der Waals surface area (Å²) in [4.78, 5) is 37.3. The molecule has 1 aliphatic heterocycles. The van der Waals surface area contributed by atoms with Crippen LogP contribution in [0.25, 0.3) is 0 Å². The van der Waals surface area contributed by atoms with Crippen LogP contribution >= 0.6 is 21.6 Å². The molecule has 5 N–H and O–H groups in total. The fraction of sp³-hybridized carbons (Fsp3) is 0.640. The SMILES string of the molecule is O=C(CCCCC1CCSS1)NCCCCC(NC(=O)c1ccccc1O)C(=O)OCC(CO)CO. The first-order chi connectivity index (χ1) is 17.4. The van der Waals surface area contributed by atoms with Crippen molar-refractivity contribution >= 4 is 39.4 Å². The first kappa shape index (κ1) is 30.3. The van der Waals surface area contributed by atoms with E-state index in [1.54, 1.807) is 12.1 Å². The van der Waals surface area contributed by atoms with Crippen molar-refractivity contribution in [3.63, 3.8) is 0 Å². The molecule has 1 heterocycles. The molecule has 0 aromatic heterocycles. The van der Waals surface area contributed by atoms with E-state index in [1.165, 1.54) is 24.3 Å². The van der Waals surface area contributed by atoms with Crippen LogP contribution in [0.3, 0.4) is 0 Å². The van der Waals surface area contributed by atoms with Crippen molar-refractivity contribution in [2.24, 2.45) is 5.92 Å². The summed E-state index contributed by atoms with van der Waals surface area (Å²) in [6, 6.07) is 5.04. The maximum Gasteiger partial charge on any atom is 0.328 e. The van der Waals surface area contributed by atoms with Gasteiger partial charge >= 0.3 is 5.97 Å². The number of carbonyl (C=O) groups excluding carboxylic acids is 3. The van der Waals surface area contributed by atoms with Gasteiger partial charge in [0.1, 0.15) is 11.8 Å². The molecule has 1 fully saturated rings. The van der Waals surface area contributed by atoms with Gasteiger partial charge in [-0.15, -0.1) is 0 Å². The van der Waals surface area contributed by atoms with Crippen LogP contribution in [0.4, 0.5) is 0 Å². The van der Waals surface area contributed by atoms with Crippen molar-refractivity contribution in [2.45, 2.75) is 62.7 Å². The van der Waals surface area contributed by atoms with Crippen LogP contribution < -0.4 is 10.6 Å². The average Bonchev–Trinajstić information content (AvgIpc) is 3.40. The number of para-hydroxylation sites is 1. The Bertz CT molecular complexity index is 817. The Morgan fingerprint density at radius 3 is 2.56 bits per heavy atom. The lowest BCUT2D eigenvalue weighted by molar-refractivity contribution is -0.148. The van der Waals surface area contributed by atoms with Crippen LogP contribution in [0.5, 0.6) is 5.75 Å². The minimum absolute atomic E-state index is 0.0197. The number of hydrogen-bond donors (Lipinski definition) is 5. The molecule has 2 amide bonds. The molecule has 2 rings (SSSR count). The molecule has 1 aliphatic rings. The van der Waals surface area contributed by atoms with E-state index in [0.29, 0.717) is 25.8 Å². The average molecular weight is 543 g/mol. The van der Waals surface area contributed by atoms with Gasteiger partial charge in [-0.2, -0.15) is 0 Å². The van der Waals surface area contributed by atoms with Crippen molar-refractivity contribution < 1.29 is 34.4 Å². The third kappa shape index (κ3) is 11.4. The van der Waals surface area contributed by atoms with Crippen LogP contribution in [0.2, 0.25) is 0 Å². The fourth-order valence-corrected chi connectivity index (χ4v) is 6.65. The number of amides is 2. The second-order valence-corrected chi connectivity index (χ2v) is 11.6. The van der Waals surface area contributed by atoms with Crippen molar-refractivity contribution in [3.8, 4) is 5.75 Å². The van der Waals surface area contributed by atoms with Crippen LogP contribution in [0, 0.1) is 5.92 Å². The molecular weight excluding hydrogens is 504 g/mol. The van der Waals surface area contributed by atoms with Gasteiger partial charge in [0.25, 0.3) is 5.91 Å². The molecule has 1 saturated heterocycles. The number of rotatable bonds is 17. The van der Waals surface area contributed by atoms with E-state index < -0.39 is 23.8 Å². The Morgan fingerprint density at radius 1 is 1.08 bits per heavy atom. The molecule has 2 unspecified atom stereocenters. The highest BCUT2D eigenvalue weighted by atomic mass is 33.1. The number of aliphatic hydroxyl groups is 2. The minimum Gasteiger partial charge on any atom is -0.507 e. The van der Waals surface area contributed by atoms with Crippen molar-refractivity contribution in [2.75, 3.05) is 32.1 Å². The molecule has 9 nitrogen and oxygen atoms in total. The van der Waals surface area contributed by atoms with Gasteiger partial charge in [0.2, 0.25) is 5.91 Å². The molecule has 0 spiro atoms. The number of esters is 1. The van der Waals surface area contributed by atoms with Crippen LogP contribution in [-0.2, 0) is 14.3 Å². The highest BCUT2D eigenvalue weighted by molar-refractivity contribution is 8.77. The molecule has 0 bridgehead atoms. The number of phenolic OH excluding ortho intramolecular Hbond substituents is 1. The molecule has 0 saturated carbocycles. The molecule has 0 aliphatic carbocycles. The number of hydrogen-bond acceptors (Lipinski definition) is 9. The molecule has 1 aromatic carbocycles. The first-order valence-electron chi connectivity index (χ1n) is 12.5. The van der Waals surface area contributed by atoms with Gasteiger partial charge in [-0.3, -0.25) is 9.59 Å². The van der Waals surface area contributed by atoms with E-state index in [9.17, 15) is 29.7 Å². The number of carbonyl (C=O) groups is 3. The lowest BCUT2D eigenvalue weighted by Gasteiger charge is -2.19. The molecule has 202 valence electrons. The van der Waals surface area contributed by atoms with Gasteiger partial charge in [-0.25, -0.2) is 4.79 Å². The molecule has 36 heavy (non-hydrogen) atoms. The predicted molar refractivity (Wildman–Crippen MR) is 142 cm³/mol. The number of benzene rings is 1. The Hall–Kier alpha value is -1.95. The third-order valence-electron chi connectivity index (χ3n) is 5.87. The summed E-state index contributed by atoms with van der Waals surface area (Å²) in [7, 11) is 3.88. The Labute approximate surface area is 220 Å². The Morgan fingerprint density at radius 2 is 1.86 bits per heavy atom. The highest BCUT2D eigenvalue weighted by Crippen LogP contribution is 2.39. The molecule has 1 aromatic rings. The zero-order valence-electron chi connectivity index (χ0n) is 20.5. The molecule has 11 heteroatoms. The molecular formula is C25H38N2O7S2. The smallest absolute Gasteiger partial charge is 0.328 e. The summed E-state index contributed by atoms with van der Waals surface area (Å²) in [5.41, 5.74) is 0.0384. The monoisotopic (exact) mass is 542 g/mol. The van der Waals surface area contributed by atoms with E-state index in [0.717, 1.165) is 24.5 Å². The number of aromatic hydroxyl groups is 1. The van der Waals surface area contributed by atoms with E-state index in [2.05, 4.69) is 10.6 Å². The number of unbranched alkanes of at least 4 members (excludes halogenated alkanes) is 2. The van der Waals surface area contributed by atoms with Crippen LogP contribution in [0.1, 0.15) is 61.7 Å². The number of ether oxygens (including phenoxy) is 1. The van der Waals surface area contributed by atoms with Crippen LogP contribution in [0.15, 0.2) is 24.3 Å². The largest absolute Gasteiger partial charge is 0.507 e. The van der Waals surface area contributed by atoms with E-state index in [-0.39, 0.29) is 43.5 Å². The van der Waals surface area contributed by atoms with Gasteiger partial charge in [0.15, 0.2) is 0 Å². The fourth-order valence-electron chi connectivity index (χ4n) is 3.63. The Balaban J connectivity index is 1.74. The van der Waals surface area contributed by atoms with Gasteiger partial charge in [-0.05, 0) is 50.7 Å². The zero-order chi connectivity index (χ0) is 26.2. The lowest BCUT2D eigenvalue weighted by atomic mass is 10.1. The standard InChI is InChI=1S/C25H38N2O7S2/c28-15-18(16-29)17-34-25(33)21(27-24(32)20-8-2-3-10-22(20)30)9-5-6-13-26-23(31)11-4-1-7-19-12-14-35-36-19/h2-3,8,10,18-19,21,28-30H,1,4-7,9,11-17H2,(H,26,31)(H,27,32). The number of phenols is 1. The number of nitrogens with one attached hydrogen (secondary N) is 2. The maximum atomic E-state index is 12.6. The quantitative estimate of drug-likeness (QED) is 0.114.